The van der Waals surface area contributed by atoms with E-state index in [9.17, 15) is 0 Å². The Hall–Kier alpha value is -2.07. The summed E-state index contributed by atoms with van der Waals surface area (Å²) in [5.74, 6) is 0.793. The summed E-state index contributed by atoms with van der Waals surface area (Å²) in [6.45, 7) is 8.42. The van der Waals surface area contributed by atoms with Crippen molar-refractivity contribution < 1.29 is 0 Å². The average Bonchev–Trinajstić information content (AvgIpc) is 2.59. The molecule has 0 spiro atoms. The predicted molar refractivity (Wildman–Crippen MR) is 114 cm³/mol. The number of hydrogen-bond acceptors (Lipinski definition) is 2. The number of rotatable bonds is 5. The van der Waals surface area contributed by atoms with Crippen molar-refractivity contribution in [1.29, 1.82) is 5.26 Å². The van der Waals surface area contributed by atoms with Crippen molar-refractivity contribution in [3.05, 3.63) is 70.3 Å². The molecule has 0 saturated heterocycles. The van der Waals surface area contributed by atoms with Crippen LogP contribution < -0.4 is 10.6 Å². The molecule has 0 amide bonds. The largest absolute Gasteiger partial charge is 0.357 e. The van der Waals surface area contributed by atoms with Crippen LogP contribution in [-0.2, 0) is 13.1 Å². The fourth-order valence-electron chi connectivity index (χ4n) is 2.42. The third kappa shape index (κ3) is 6.75. The van der Waals surface area contributed by atoms with Crippen LogP contribution in [0.5, 0.6) is 0 Å². The number of nitriles is 1. The van der Waals surface area contributed by atoms with Crippen molar-refractivity contribution in [2.24, 2.45) is 4.99 Å². The van der Waals surface area contributed by atoms with Gasteiger partial charge in [-0.05, 0) is 49.6 Å². The summed E-state index contributed by atoms with van der Waals surface area (Å²) in [5, 5.41) is 15.5. The first-order valence-corrected chi connectivity index (χ1v) is 8.19. The van der Waals surface area contributed by atoms with Crippen LogP contribution in [0.1, 0.15) is 34.7 Å². The quantitative estimate of drug-likeness (QED) is 0.412. The Balaban J connectivity index is 0.00000312. The number of nitrogens with one attached hydrogen (secondary N) is 2. The second-order valence-corrected chi connectivity index (χ2v) is 5.79. The van der Waals surface area contributed by atoms with Crippen LogP contribution in [0.15, 0.2) is 47.5 Å². The lowest BCUT2D eigenvalue weighted by Crippen LogP contribution is -2.36. The molecule has 0 saturated carbocycles. The number of guanidine groups is 1. The molecule has 0 aliphatic heterocycles. The van der Waals surface area contributed by atoms with Gasteiger partial charge in [0.1, 0.15) is 0 Å². The van der Waals surface area contributed by atoms with Gasteiger partial charge in [0, 0.05) is 13.1 Å². The summed E-state index contributed by atoms with van der Waals surface area (Å²) in [7, 11) is 0. The van der Waals surface area contributed by atoms with Crippen LogP contribution in [-0.4, -0.2) is 12.5 Å². The van der Waals surface area contributed by atoms with Gasteiger partial charge < -0.3 is 10.6 Å². The number of nitrogens with zero attached hydrogens (tertiary/aromatic N) is 2. The van der Waals surface area contributed by atoms with Crippen molar-refractivity contribution in [3.8, 4) is 6.07 Å². The van der Waals surface area contributed by atoms with Gasteiger partial charge in [0.2, 0.25) is 0 Å². The summed E-state index contributed by atoms with van der Waals surface area (Å²) in [6.07, 6.45) is 0. The molecule has 0 aliphatic rings. The highest BCUT2D eigenvalue weighted by molar-refractivity contribution is 14.0. The fourth-order valence-corrected chi connectivity index (χ4v) is 2.42. The van der Waals surface area contributed by atoms with E-state index in [1.165, 1.54) is 16.7 Å². The molecular formula is C20H25IN4. The number of benzene rings is 2. The monoisotopic (exact) mass is 448 g/mol. The highest BCUT2D eigenvalue weighted by Crippen LogP contribution is 2.10. The molecule has 0 fully saturated rings. The van der Waals surface area contributed by atoms with Gasteiger partial charge in [-0.1, -0.05) is 35.9 Å². The third-order valence-corrected chi connectivity index (χ3v) is 3.79. The normalized spacial score (nSPS) is 10.6. The molecule has 4 nitrogen and oxygen atoms in total. The second kappa shape index (κ2) is 10.7. The van der Waals surface area contributed by atoms with E-state index in [2.05, 4.69) is 60.7 Å². The first-order chi connectivity index (χ1) is 11.6. The van der Waals surface area contributed by atoms with Crippen LogP contribution in [0.4, 0.5) is 0 Å². The van der Waals surface area contributed by atoms with Gasteiger partial charge in [-0.25, -0.2) is 4.99 Å². The van der Waals surface area contributed by atoms with Crippen LogP contribution in [0.25, 0.3) is 0 Å². The molecule has 2 rings (SSSR count). The van der Waals surface area contributed by atoms with Crippen molar-refractivity contribution in [2.75, 3.05) is 6.54 Å². The lowest BCUT2D eigenvalue weighted by molar-refractivity contribution is 0.812. The molecule has 132 valence electrons. The Morgan fingerprint density at radius 3 is 2.40 bits per heavy atom. The lowest BCUT2D eigenvalue weighted by Gasteiger charge is -2.13. The molecule has 25 heavy (non-hydrogen) atoms. The molecule has 0 atom stereocenters. The van der Waals surface area contributed by atoms with Gasteiger partial charge in [0.15, 0.2) is 5.96 Å². The van der Waals surface area contributed by atoms with E-state index in [4.69, 9.17) is 5.26 Å². The number of aliphatic imine (C=N–C) groups is 1. The summed E-state index contributed by atoms with van der Waals surface area (Å²) in [6, 6.07) is 16.1. The molecule has 0 aliphatic carbocycles. The summed E-state index contributed by atoms with van der Waals surface area (Å²) in [5.41, 5.74) is 5.58. The third-order valence-electron chi connectivity index (χ3n) is 3.79. The van der Waals surface area contributed by atoms with E-state index in [1.807, 2.05) is 24.3 Å². The average molecular weight is 448 g/mol. The molecule has 0 heterocycles. The van der Waals surface area contributed by atoms with Crippen molar-refractivity contribution in [1.82, 2.24) is 10.6 Å². The zero-order chi connectivity index (χ0) is 17.4. The first-order valence-electron chi connectivity index (χ1n) is 8.19. The maximum atomic E-state index is 8.84. The topological polar surface area (TPSA) is 60.2 Å². The van der Waals surface area contributed by atoms with Gasteiger partial charge in [0.25, 0.3) is 0 Å². The predicted octanol–water partition coefficient (Wildman–Crippen LogP) is 4.05. The number of halogens is 1. The standard InChI is InChI=1S/C20H24N4.HI/c1-4-22-20(23-13-18-8-6-17(12-21)7-9-18)24-14-19-10-5-15(2)11-16(19)3;/h5-11H,4,13-14H2,1-3H3,(H2,22,23,24);1H. The zero-order valence-electron chi connectivity index (χ0n) is 15.0. The van der Waals surface area contributed by atoms with Gasteiger partial charge >= 0.3 is 0 Å². The van der Waals surface area contributed by atoms with Crippen LogP contribution in [0.2, 0.25) is 0 Å². The van der Waals surface area contributed by atoms with Crippen LogP contribution >= 0.6 is 24.0 Å². The number of aryl methyl sites for hydroxylation is 2. The van der Waals surface area contributed by atoms with Gasteiger partial charge in [-0.3, -0.25) is 0 Å². The van der Waals surface area contributed by atoms with E-state index < -0.39 is 0 Å². The maximum Gasteiger partial charge on any atom is 0.191 e. The highest BCUT2D eigenvalue weighted by atomic mass is 127. The van der Waals surface area contributed by atoms with Crippen LogP contribution in [0, 0.1) is 25.2 Å². The maximum absolute atomic E-state index is 8.84. The molecule has 2 N–H and O–H groups in total. The molecule has 2 aromatic carbocycles. The zero-order valence-corrected chi connectivity index (χ0v) is 17.3. The lowest BCUT2D eigenvalue weighted by atomic mass is 10.1. The smallest absolute Gasteiger partial charge is 0.191 e. The van der Waals surface area contributed by atoms with Crippen LogP contribution in [0.3, 0.4) is 0 Å². The Labute approximate surface area is 167 Å². The van der Waals surface area contributed by atoms with Gasteiger partial charge in [0.05, 0.1) is 18.2 Å². The van der Waals surface area contributed by atoms with E-state index >= 15 is 0 Å². The van der Waals surface area contributed by atoms with Crippen molar-refractivity contribution in [3.63, 3.8) is 0 Å². The first kappa shape index (κ1) is 21.0. The Morgan fingerprint density at radius 1 is 1.08 bits per heavy atom. The van der Waals surface area contributed by atoms with E-state index in [-0.39, 0.29) is 24.0 Å². The minimum absolute atomic E-state index is 0. The fraction of sp³-hybridized carbons (Fsp3) is 0.300. The molecule has 0 unspecified atom stereocenters. The molecule has 0 aromatic heterocycles. The van der Waals surface area contributed by atoms with Crippen molar-refractivity contribution >= 4 is 29.9 Å². The highest BCUT2D eigenvalue weighted by Gasteiger charge is 2.02. The van der Waals surface area contributed by atoms with E-state index in [0.29, 0.717) is 12.1 Å². The summed E-state index contributed by atoms with van der Waals surface area (Å²) >= 11 is 0. The SMILES string of the molecule is CCNC(=NCc1ccc(C#N)cc1)NCc1ccc(C)cc1C.I. The summed E-state index contributed by atoms with van der Waals surface area (Å²) in [4.78, 5) is 4.61. The Bertz CT molecular complexity index is 745. The summed E-state index contributed by atoms with van der Waals surface area (Å²) < 4.78 is 0. The Morgan fingerprint density at radius 2 is 1.80 bits per heavy atom. The molecule has 0 bridgehead atoms. The minimum Gasteiger partial charge on any atom is -0.357 e. The molecular weight excluding hydrogens is 423 g/mol. The second-order valence-electron chi connectivity index (χ2n) is 5.79. The van der Waals surface area contributed by atoms with E-state index in [1.54, 1.807) is 0 Å². The molecule has 0 radical (unpaired) electrons. The molecule has 2 aromatic rings. The Kier molecular flexibility index (Phi) is 9.00. The molecule has 5 heteroatoms. The van der Waals surface area contributed by atoms with E-state index in [0.717, 1.165) is 24.6 Å². The van der Waals surface area contributed by atoms with Gasteiger partial charge in [-0.2, -0.15) is 5.26 Å². The number of hydrogen-bond donors (Lipinski definition) is 2. The minimum atomic E-state index is 0. The van der Waals surface area contributed by atoms with Gasteiger partial charge in [-0.15, -0.1) is 24.0 Å². The van der Waals surface area contributed by atoms with Crippen molar-refractivity contribution in [2.45, 2.75) is 33.9 Å².